The fourth-order valence-corrected chi connectivity index (χ4v) is 3.87. The van der Waals surface area contributed by atoms with Gasteiger partial charge in [-0.25, -0.2) is 13.6 Å². The molecule has 1 aliphatic rings. The van der Waals surface area contributed by atoms with Crippen molar-refractivity contribution in [3.8, 4) is 0 Å². The lowest BCUT2D eigenvalue weighted by Crippen LogP contribution is -2.48. The van der Waals surface area contributed by atoms with Gasteiger partial charge < -0.3 is 10.2 Å². The number of piperazine rings is 1. The molecular weight excluding hydrogens is 423 g/mol. The molecular formula is C18H20Cl2N4O3S. The van der Waals surface area contributed by atoms with Gasteiger partial charge in [-0.2, -0.15) is 0 Å². The van der Waals surface area contributed by atoms with Gasteiger partial charge in [0.1, 0.15) is 0 Å². The maximum absolute atomic E-state index is 12.3. The second-order valence-corrected chi connectivity index (χ2v) is 8.80. The first-order valence-corrected chi connectivity index (χ1v) is 10.9. The lowest BCUT2D eigenvalue weighted by molar-refractivity contribution is -0.117. The molecule has 0 atom stereocenters. The molecule has 0 spiro atoms. The summed E-state index contributed by atoms with van der Waals surface area (Å²) in [4.78, 5) is 16.6. The number of nitrogens with zero attached hydrogens (tertiary/aromatic N) is 2. The standard InChI is InChI=1S/C18H20Cl2N4O3S/c19-15-2-1-3-16(18(15)20)22-17(25)12-23-8-10-24(11-9-23)13-4-6-14(7-5-13)28(21,26)27/h1-7H,8-12H2,(H,22,25)(H2,21,26,27). The minimum Gasteiger partial charge on any atom is -0.369 e. The fraction of sp³-hybridized carbons (Fsp3) is 0.278. The first-order valence-electron chi connectivity index (χ1n) is 8.58. The molecule has 0 aliphatic carbocycles. The number of nitrogens with one attached hydrogen (secondary N) is 1. The van der Waals surface area contributed by atoms with Crippen LogP contribution in [0.4, 0.5) is 11.4 Å². The van der Waals surface area contributed by atoms with Crippen molar-refractivity contribution in [3.63, 3.8) is 0 Å². The zero-order valence-electron chi connectivity index (χ0n) is 14.9. The Morgan fingerprint density at radius 3 is 2.29 bits per heavy atom. The second-order valence-electron chi connectivity index (χ2n) is 6.45. The predicted molar refractivity (Wildman–Crippen MR) is 112 cm³/mol. The molecule has 1 saturated heterocycles. The number of halogens is 2. The summed E-state index contributed by atoms with van der Waals surface area (Å²) in [7, 11) is -3.69. The zero-order chi connectivity index (χ0) is 20.3. The Labute approximate surface area is 174 Å². The Morgan fingerprint density at radius 2 is 1.68 bits per heavy atom. The van der Waals surface area contributed by atoms with Crippen molar-refractivity contribution in [2.24, 2.45) is 5.14 Å². The Morgan fingerprint density at radius 1 is 1.04 bits per heavy atom. The molecule has 0 unspecified atom stereocenters. The number of anilines is 2. The zero-order valence-corrected chi connectivity index (χ0v) is 17.3. The van der Waals surface area contributed by atoms with Crippen LogP contribution in [0.5, 0.6) is 0 Å². The average Bonchev–Trinajstić information content (AvgIpc) is 2.65. The predicted octanol–water partition coefficient (Wildman–Crippen LogP) is 2.40. The van der Waals surface area contributed by atoms with Crippen LogP contribution in [-0.4, -0.2) is 51.9 Å². The molecule has 7 nitrogen and oxygen atoms in total. The van der Waals surface area contributed by atoms with Crippen LogP contribution in [0, 0.1) is 0 Å². The molecule has 0 bridgehead atoms. The number of primary sulfonamides is 1. The van der Waals surface area contributed by atoms with Crippen molar-refractivity contribution in [1.29, 1.82) is 0 Å². The minimum absolute atomic E-state index is 0.0891. The number of carbonyl (C=O) groups excluding carboxylic acids is 1. The largest absolute Gasteiger partial charge is 0.369 e. The number of rotatable bonds is 5. The van der Waals surface area contributed by atoms with E-state index in [2.05, 4.69) is 10.2 Å². The molecule has 0 saturated carbocycles. The number of benzene rings is 2. The van der Waals surface area contributed by atoms with Gasteiger partial charge in [0.2, 0.25) is 15.9 Å². The van der Waals surface area contributed by atoms with E-state index >= 15 is 0 Å². The van der Waals surface area contributed by atoms with Gasteiger partial charge in [0.25, 0.3) is 0 Å². The topological polar surface area (TPSA) is 95.7 Å². The molecule has 10 heteroatoms. The maximum atomic E-state index is 12.3. The molecule has 150 valence electrons. The van der Waals surface area contributed by atoms with Crippen LogP contribution >= 0.6 is 23.2 Å². The van der Waals surface area contributed by atoms with Gasteiger partial charge in [0.05, 0.1) is 27.2 Å². The van der Waals surface area contributed by atoms with Crippen LogP contribution in [0.25, 0.3) is 0 Å². The lowest BCUT2D eigenvalue weighted by Gasteiger charge is -2.35. The van der Waals surface area contributed by atoms with Crippen LogP contribution < -0.4 is 15.4 Å². The third-order valence-corrected chi connectivity index (χ3v) is 6.24. The highest BCUT2D eigenvalue weighted by molar-refractivity contribution is 7.89. The first-order chi connectivity index (χ1) is 13.2. The third-order valence-electron chi connectivity index (χ3n) is 4.50. The smallest absolute Gasteiger partial charge is 0.238 e. The van der Waals surface area contributed by atoms with Crippen molar-refractivity contribution in [3.05, 3.63) is 52.5 Å². The summed E-state index contributed by atoms with van der Waals surface area (Å²) in [5.74, 6) is -0.157. The van der Waals surface area contributed by atoms with Gasteiger partial charge in [-0.3, -0.25) is 9.69 Å². The van der Waals surface area contributed by atoms with E-state index in [1.54, 1.807) is 30.3 Å². The van der Waals surface area contributed by atoms with E-state index in [4.69, 9.17) is 28.3 Å². The summed E-state index contributed by atoms with van der Waals surface area (Å²) >= 11 is 12.1. The molecule has 28 heavy (non-hydrogen) atoms. The Balaban J connectivity index is 1.52. The van der Waals surface area contributed by atoms with E-state index in [1.165, 1.54) is 12.1 Å². The van der Waals surface area contributed by atoms with Crippen molar-refractivity contribution >= 4 is 50.5 Å². The summed E-state index contributed by atoms with van der Waals surface area (Å²) in [6.45, 7) is 3.10. The van der Waals surface area contributed by atoms with Gasteiger partial charge in [0, 0.05) is 31.9 Å². The van der Waals surface area contributed by atoms with Gasteiger partial charge >= 0.3 is 0 Å². The van der Waals surface area contributed by atoms with E-state index in [1.807, 2.05) is 4.90 Å². The number of amides is 1. The van der Waals surface area contributed by atoms with Crippen LogP contribution in [0.2, 0.25) is 10.0 Å². The lowest BCUT2D eigenvalue weighted by atomic mass is 10.2. The molecule has 1 aliphatic heterocycles. The monoisotopic (exact) mass is 442 g/mol. The van der Waals surface area contributed by atoms with Gasteiger partial charge in [-0.05, 0) is 36.4 Å². The van der Waals surface area contributed by atoms with Crippen LogP contribution in [0.3, 0.4) is 0 Å². The normalized spacial score (nSPS) is 15.5. The highest BCUT2D eigenvalue weighted by Crippen LogP contribution is 2.29. The Bertz CT molecular complexity index is 959. The van der Waals surface area contributed by atoms with Gasteiger partial charge in [-0.1, -0.05) is 29.3 Å². The summed E-state index contributed by atoms with van der Waals surface area (Å²) in [5, 5.41) is 8.62. The summed E-state index contributed by atoms with van der Waals surface area (Å²) in [6, 6.07) is 11.6. The molecule has 2 aromatic carbocycles. The van der Waals surface area contributed by atoms with Crippen LogP contribution in [0.15, 0.2) is 47.4 Å². The van der Waals surface area contributed by atoms with E-state index in [0.29, 0.717) is 28.8 Å². The molecule has 3 rings (SSSR count). The SMILES string of the molecule is NS(=O)(=O)c1ccc(N2CCN(CC(=O)Nc3cccc(Cl)c3Cl)CC2)cc1. The average molecular weight is 443 g/mol. The van der Waals surface area contributed by atoms with Crippen molar-refractivity contribution in [2.45, 2.75) is 4.90 Å². The molecule has 0 radical (unpaired) electrons. The molecule has 1 fully saturated rings. The van der Waals surface area contributed by atoms with Crippen molar-refractivity contribution in [1.82, 2.24) is 4.90 Å². The molecule has 2 aromatic rings. The minimum atomic E-state index is -3.69. The van der Waals surface area contributed by atoms with E-state index < -0.39 is 10.0 Å². The molecule has 1 amide bonds. The highest BCUT2D eigenvalue weighted by atomic mass is 35.5. The van der Waals surface area contributed by atoms with E-state index in [0.717, 1.165) is 18.8 Å². The fourth-order valence-electron chi connectivity index (χ4n) is 3.00. The number of carbonyl (C=O) groups is 1. The molecule has 1 heterocycles. The van der Waals surface area contributed by atoms with Crippen molar-refractivity contribution in [2.75, 3.05) is 42.9 Å². The summed E-state index contributed by atoms with van der Waals surface area (Å²) in [6.07, 6.45) is 0. The first kappa shape index (κ1) is 20.9. The van der Waals surface area contributed by atoms with E-state index in [-0.39, 0.29) is 17.3 Å². The van der Waals surface area contributed by atoms with Crippen LogP contribution in [0.1, 0.15) is 0 Å². The summed E-state index contributed by atoms with van der Waals surface area (Å²) in [5.41, 5.74) is 1.41. The van der Waals surface area contributed by atoms with E-state index in [9.17, 15) is 13.2 Å². The van der Waals surface area contributed by atoms with Crippen molar-refractivity contribution < 1.29 is 13.2 Å². The van der Waals surface area contributed by atoms with Crippen LogP contribution in [-0.2, 0) is 14.8 Å². The quantitative estimate of drug-likeness (QED) is 0.740. The second kappa shape index (κ2) is 8.67. The maximum Gasteiger partial charge on any atom is 0.238 e. The number of hydrogen-bond donors (Lipinski definition) is 2. The number of sulfonamides is 1. The van der Waals surface area contributed by atoms with Gasteiger partial charge in [-0.15, -0.1) is 0 Å². The molecule has 0 aromatic heterocycles. The Kier molecular flexibility index (Phi) is 6.47. The summed E-state index contributed by atoms with van der Waals surface area (Å²) < 4.78 is 22.7. The highest BCUT2D eigenvalue weighted by Gasteiger charge is 2.20. The molecule has 3 N–H and O–H groups in total. The number of nitrogens with two attached hydrogens (primary N) is 1. The van der Waals surface area contributed by atoms with Gasteiger partial charge in [0.15, 0.2) is 0 Å². The third kappa shape index (κ3) is 5.15. The number of hydrogen-bond acceptors (Lipinski definition) is 5. The Hall–Kier alpha value is -1.84.